The molecule has 2 rings (SSSR count). The van der Waals surface area contributed by atoms with E-state index in [4.69, 9.17) is 11.5 Å². The van der Waals surface area contributed by atoms with Gasteiger partial charge in [0.25, 0.3) is 5.91 Å². The van der Waals surface area contributed by atoms with Crippen molar-refractivity contribution in [2.24, 2.45) is 11.5 Å². The first kappa shape index (κ1) is 12.6. The first-order chi connectivity index (χ1) is 8.56. The van der Waals surface area contributed by atoms with E-state index in [1.807, 2.05) is 0 Å². The van der Waals surface area contributed by atoms with Gasteiger partial charge in [-0.15, -0.1) is 0 Å². The van der Waals surface area contributed by atoms with Crippen molar-refractivity contribution in [1.82, 2.24) is 10.3 Å². The summed E-state index contributed by atoms with van der Waals surface area (Å²) in [4.78, 5) is 25.8. The second-order valence-electron chi connectivity index (χ2n) is 4.81. The van der Waals surface area contributed by atoms with Crippen molar-refractivity contribution in [2.75, 3.05) is 6.54 Å². The molecule has 18 heavy (non-hydrogen) atoms. The predicted octanol–water partition coefficient (Wildman–Crippen LogP) is 0.115. The summed E-state index contributed by atoms with van der Waals surface area (Å²) in [6.45, 7) is 0.433. The van der Waals surface area contributed by atoms with Crippen molar-refractivity contribution in [1.29, 1.82) is 0 Å². The summed E-state index contributed by atoms with van der Waals surface area (Å²) in [5, 5.41) is 2.96. The van der Waals surface area contributed by atoms with Crippen LogP contribution in [0.3, 0.4) is 0 Å². The van der Waals surface area contributed by atoms with E-state index < -0.39 is 5.91 Å². The van der Waals surface area contributed by atoms with Crippen LogP contribution < -0.4 is 16.8 Å². The molecule has 6 nitrogen and oxygen atoms in total. The lowest BCUT2D eigenvalue weighted by atomic mass is 9.97. The Morgan fingerprint density at radius 1 is 1.39 bits per heavy atom. The number of amides is 2. The number of hydrogen-bond donors (Lipinski definition) is 4. The molecule has 1 heterocycles. The summed E-state index contributed by atoms with van der Waals surface area (Å²) in [7, 11) is 0. The zero-order valence-electron chi connectivity index (χ0n) is 10.2. The molecule has 2 amide bonds. The van der Waals surface area contributed by atoms with Gasteiger partial charge in [-0.25, -0.2) is 0 Å². The average Bonchev–Trinajstić information content (AvgIpc) is 2.98. The van der Waals surface area contributed by atoms with Crippen molar-refractivity contribution in [3.8, 4) is 0 Å². The smallest absolute Gasteiger partial charge is 0.268 e. The minimum atomic E-state index is -0.556. The van der Waals surface area contributed by atoms with Gasteiger partial charge >= 0.3 is 0 Å². The van der Waals surface area contributed by atoms with E-state index in [-0.39, 0.29) is 11.4 Å². The molecular formula is C12H18N4O2. The standard InChI is InChI=1S/C12H18N4O2/c13-7-12(3-1-2-4-12)16-11(18)9-5-8(6-15-9)10(14)17/h5-6,15H,1-4,7,13H2,(H2,14,17)(H,16,18). The van der Waals surface area contributed by atoms with Gasteiger partial charge in [0.05, 0.1) is 11.1 Å². The summed E-state index contributed by atoms with van der Waals surface area (Å²) in [6.07, 6.45) is 5.39. The molecular weight excluding hydrogens is 232 g/mol. The zero-order chi connectivity index (χ0) is 13.2. The van der Waals surface area contributed by atoms with Crippen LogP contribution in [0.1, 0.15) is 46.5 Å². The minimum absolute atomic E-state index is 0.241. The summed E-state index contributed by atoms with van der Waals surface area (Å²) in [5.74, 6) is -0.797. The largest absolute Gasteiger partial charge is 0.366 e. The number of carbonyl (C=O) groups excluding carboxylic acids is 2. The van der Waals surface area contributed by atoms with E-state index in [1.165, 1.54) is 12.3 Å². The molecule has 0 spiro atoms. The third-order valence-electron chi connectivity index (χ3n) is 3.54. The van der Waals surface area contributed by atoms with Gasteiger partial charge in [-0.1, -0.05) is 12.8 Å². The van der Waals surface area contributed by atoms with Crippen LogP contribution in [0.4, 0.5) is 0 Å². The Labute approximate surface area is 105 Å². The highest BCUT2D eigenvalue weighted by molar-refractivity contribution is 5.98. The van der Waals surface area contributed by atoms with Crippen LogP contribution in [0.15, 0.2) is 12.3 Å². The van der Waals surface area contributed by atoms with Crippen LogP contribution in [-0.2, 0) is 0 Å². The molecule has 1 saturated carbocycles. The third kappa shape index (κ3) is 2.38. The third-order valence-corrected chi connectivity index (χ3v) is 3.54. The number of H-pyrrole nitrogens is 1. The van der Waals surface area contributed by atoms with Gasteiger partial charge in [0.15, 0.2) is 0 Å². The lowest BCUT2D eigenvalue weighted by Crippen LogP contribution is -2.51. The lowest BCUT2D eigenvalue weighted by Gasteiger charge is -2.28. The highest BCUT2D eigenvalue weighted by atomic mass is 16.2. The number of hydrogen-bond acceptors (Lipinski definition) is 3. The topological polar surface area (TPSA) is 114 Å². The number of nitrogens with one attached hydrogen (secondary N) is 2. The number of aromatic nitrogens is 1. The fourth-order valence-corrected chi connectivity index (χ4v) is 2.41. The van der Waals surface area contributed by atoms with Crippen LogP contribution >= 0.6 is 0 Å². The van der Waals surface area contributed by atoms with Crippen molar-refractivity contribution in [3.05, 3.63) is 23.5 Å². The van der Waals surface area contributed by atoms with Gasteiger partial charge in [0.2, 0.25) is 5.91 Å². The zero-order valence-corrected chi connectivity index (χ0v) is 10.2. The molecule has 0 bridgehead atoms. The van der Waals surface area contributed by atoms with E-state index in [0.717, 1.165) is 25.7 Å². The van der Waals surface area contributed by atoms with Crippen LogP contribution in [0, 0.1) is 0 Å². The monoisotopic (exact) mass is 250 g/mol. The Bertz CT molecular complexity index is 460. The molecule has 0 radical (unpaired) electrons. The molecule has 1 fully saturated rings. The Balaban J connectivity index is 2.09. The van der Waals surface area contributed by atoms with Crippen molar-refractivity contribution >= 4 is 11.8 Å². The quantitative estimate of drug-likeness (QED) is 0.608. The average molecular weight is 250 g/mol. The Morgan fingerprint density at radius 2 is 2.06 bits per heavy atom. The molecule has 0 atom stereocenters. The maximum absolute atomic E-state index is 12.1. The fraction of sp³-hybridized carbons (Fsp3) is 0.500. The Morgan fingerprint density at radius 3 is 2.56 bits per heavy atom. The predicted molar refractivity (Wildman–Crippen MR) is 67.0 cm³/mol. The number of rotatable bonds is 4. The number of carbonyl (C=O) groups is 2. The molecule has 1 aromatic rings. The molecule has 6 N–H and O–H groups in total. The van der Waals surface area contributed by atoms with Gasteiger partial charge < -0.3 is 21.8 Å². The molecule has 0 unspecified atom stereocenters. The van der Waals surface area contributed by atoms with Crippen LogP contribution in [0.2, 0.25) is 0 Å². The normalized spacial score (nSPS) is 17.6. The highest BCUT2D eigenvalue weighted by Gasteiger charge is 2.34. The summed E-state index contributed by atoms with van der Waals surface area (Å²) in [6, 6.07) is 1.46. The highest BCUT2D eigenvalue weighted by Crippen LogP contribution is 2.28. The lowest BCUT2D eigenvalue weighted by molar-refractivity contribution is 0.0898. The maximum Gasteiger partial charge on any atom is 0.268 e. The summed E-state index contributed by atoms with van der Waals surface area (Å²) < 4.78 is 0. The van der Waals surface area contributed by atoms with E-state index >= 15 is 0 Å². The number of nitrogens with two attached hydrogens (primary N) is 2. The Kier molecular flexibility index (Phi) is 3.38. The minimum Gasteiger partial charge on any atom is -0.366 e. The second-order valence-corrected chi connectivity index (χ2v) is 4.81. The van der Waals surface area contributed by atoms with Gasteiger partial charge in [-0.2, -0.15) is 0 Å². The van der Waals surface area contributed by atoms with Gasteiger partial charge in [0.1, 0.15) is 5.69 Å². The van der Waals surface area contributed by atoms with E-state index in [0.29, 0.717) is 17.8 Å². The molecule has 98 valence electrons. The van der Waals surface area contributed by atoms with Crippen LogP contribution in [0.25, 0.3) is 0 Å². The number of aromatic amines is 1. The number of primary amides is 1. The summed E-state index contributed by atoms with van der Waals surface area (Å²) >= 11 is 0. The SMILES string of the molecule is NCC1(NC(=O)c2cc(C(N)=O)c[nH]2)CCCC1. The second kappa shape index (κ2) is 4.81. The fourth-order valence-electron chi connectivity index (χ4n) is 2.41. The maximum atomic E-state index is 12.1. The molecule has 0 aliphatic heterocycles. The molecule has 6 heteroatoms. The van der Waals surface area contributed by atoms with Crippen LogP contribution in [0.5, 0.6) is 0 Å². The molecule has 1 aliphatic carbocycles. The van der Waals surface area contributed by atoms with Gasteiger partial charge in [-0.05, 0) is 18.9 Å². The van der Waals surface area contributed by atoms with Gasteiger partial charge in [-0.3, -0.25) is 9.59 Å². The van der Waals surface area contributed by atoms with Crippen molar-refractivity contribution < 1.29 is 9.59 Å². The van der Waals surface area contributed by atoms with Gasteiger partial charge in [0, 0.05) is 12.7 Å². The van der Waals surface area contributed by atoms with E-state index in [1.54, 1.807) is 0 Å². The molecule has 1 aromatic heterocycles. The van der Waals surface area contributed by atoms with Crippen molar-refractivity contribution in [2.45, 2.75) is 31.2 Å². The first-order valence-electron chi connectivity index (χ1n) is 6.07. The summed E-state index contributed by atoms with van der Waals surface area (Å²) in [5.41, 5.74) is 11.2. The first-order valence-corrected chi connectivity index (χ1v) is 6.07. The molecule has 0 saturated heterocycles. The molecule has 0 aromatic carbocycles. The molecule has 1 aliphatic rings. The van der Waals surface area contributed by atoms with E-state index in [2.05, 4.69) is 10.3 Å². The van der Waals surface area contributed by atoms with Crippen LogP contribution in [-0.4, -0.2) is 28.9 Å². The van der Waals surface area contributed by atoms with E-state index in [9.17, 15) is 9.59 Å². The Hall–Kier alpha value is -1.82. The van der Waals surface area contributed by atoms with Crippen molar-refractivity contribution in [3.63, 3.8) is 0 Å².